The Morgan fingerprint density at radius 2 is 1.85 bits per heavy atom. The van der Waals surface area contributed by atoms with Crippen molar-refractivity contribution in [2.45, 2.75) is 0 Å². The summed E-state index contributed by atoms with van der Waals surface area (Å²) in [4.78, 5) is 25.4. The first kappa shape index (κ1) is 12.2. The minimum Gasteiger partial charge on any atom is -0.356 e. The van der Waals surface area contributed by atoms with Crippen molar-refractivity contribution in [3.63, 3.8) is 0 Å². The van der Waals surface area contributed by atoms with Crippen LogP contribution in [0.15, 0.2) is 54.7 Å². The minimum atomic E-state index is -0.270. The van der Waals surface area contributed by atoms with E-state index in [0.717, 1.165) is 16.5 Å². The summed E-state index contributed by atoms with van der Waals surface area (Å²) < 4.78 is 0. The highest BCUT2D eigenvalue weighted by Gasteiger charge is 2.08. The lowest BCUT2D eigenvalue weighted by molar-refractivity contribution is 0.102. The van der Waals surface area contributed by atoms with Crippen molar-refractivity contribution < 1.29 is 9.59 Å². The van der Waals surface area contributed by atoms with E-state index in [2.05, 4.69) is 10.3 Å². The van der Waals surface area contributed by atoms with Gasteiger partial charge in [-0.1, -0.05) is 30.3 Å². The number of hydrogen-bond acceptors (Lipinski definition) is 2. The lowest BCUT2D eigenvalue weighted by atomic mass is 10.1. The van der Waals surface area contributed by atoms with Crippen molar-refractivity contribution in [3.05, 3.63) is 66.0 Å². The van der Waals surface area contributed by atoms with Crippen LogP contribution in [0, 0.1) is 0 Å². The summed E-state index contributed by atoms with van der Waals surface area (Å²) >= 11 is 0. The predicted molar refractivity (Wildman–Crippen MR) is 78.1 cm³/mol. The van der Waals surface area contributed by atoms with E-state index in [1.165, 1.54) is 12.3 Å². The number of H-pyrrole nitrogens is 1. The van der Waals surface area contributed by atoms with Gasteiger partial charge in [0.05, 0.1) is 0 Å². The van der Waals surface area contributed by atoms with Crippen LogP contribution < -0.4 is 5.32 Å². The Morgan fingerprint density at radius 1 is 1.05 bits per heavy atom. The first-order chi connectivity index (χ1) is 9.76. The molecule has 98 valence electrons. The van der Waals surface area contributed by atoms with Gasteiger partial charge < -0.3 is 10.3 Å². The monoisotopic (exact) mass is 264 g/mol. The van der Waals surface area contributed by atoms with E-state index in [1.807, 2.05) is 42.5 Å². The zero-order valence-electron chi connectivity index (χ0n) is 10.6. The maximum atomic E-state index is 12.0. The number of nitrogens with one attached hydrogen (secondary N) is 2. The molecule has 0 aliphatic rings. The molecule has 4 nitrogen and oxygen atoms in total. The fourth-order valence-corrected chi connectivity index (χ4v) is 2.08. The Bertz CT molecular complexity index is 790. The number of anilines is 1. The largest absolute Gasteiger partial charge is 0.356 e. The van der Waals surface area contributed by atoms with Crippen molar-refractivity contribution in [2.24, 2.45) is 0 Å². The molecule has 2 aromatic carbocycles. The van der Waals surface area contributed by atoms with Crippen molar-refractivity contribution in [1.29, 1.82) is 0 Å². The number of benzene rings is 2. The molecule has 3 rings (SSSR count). The summed E-state index contributed by atoms with van der Waals surface area (Å²) in [6.07, 6.45) is 2.20. The molecule has 0 radical (unpaired) electrons. The number of aldehydes is 1. The molecule has 0 atom stereocenters. The fourth-order valence-electron chi connectivity index (χ4n) is 2.08. The quantitative estimate of drug-likeness (QED) is 0.713. The smallest absolute Gasteiger partial charge is 0.272 e. The number of aromatic nitrogens is 1. The van der Waals surface area contributed by atoms with Crippen molar-refractivity contribution in [3.8, 4) is 0 Å². The normalized spacial score (nSPS) is 10.4. The standard InChI is InChI=1S/C16H12N2O2/c19-10-11-7-15(17-9-11)16(20)18-14-6-5-12-3-1-2-4-13(12)8-14/h1-10,17H,(H,18,20). The van der Waals surface area contributed by atoms with Crippen LogP contribution in [0.3, 0.4) is 0 Å². The number of fused-ring (bicyclic) bond motifs is 1. The molecule has 0 spiro atoms. The highest BCUT2D eigenvalue weighted by molar-refractivity contribution is 6.04. The molecule has 0 unspecified atom stereocenters. The Hall–Kier alpha value is -2.88. The Balaban J connectivity index is 1.85. The minimum absolute atomic E-state index is 0.270. The molecule has 1 amide bonds. The van der Waals surface area contributed by atoms with Gasteiger partial charge in [0.2, 0.25) is 0 Å². The molecule has 1 aromatic heterocycles. The van der Waals surface area contributed by atoms with E-state index in [0.29, 0.717) is 17.5 Å². The molecule has 1 heterocycles. The number of carbonyl (C=O) groups is 2. The van der Waals surface area contributed by atoms with Gasteiger partial charge in [-0.3, -0.25) is 9.59 Å². The molecular weight excluding hydrogens is 252 g/mol. The number of carbonyl (C=O) groups excluding carboxylic acids is 2. The second-order valence-corrected chi connectivity index (χ2v) is 4.48. The van der Waals surface area contributed by atoms with Crippen LogP contribution in [0.5, 0.6) is 0 Å². The lowest BCUT2D eigenvalue weighted by Crippen LogP contribution is -2.12. The topological polar surface area (TPSA) is 62.0 Å². The van der Waals surface area contributed by atoms with Gasteiger partial charge in [-0.05, 0) is 29.0 Å². The molecule has 3 aromatic rings. The molecule has 0 saturated carbocycles. The molecule has 0 aliphatic carbocycles. The number of rotatable bonds is 3. The first-order valence-corrected chi connectivity index (χ1v) is 6.20. The molecule has 2 N–H and O–H groups in total. The van der Waals surface area contributed by atoms with E-state index >= 15 is 0 Å². The summed E-state index contributed by atoms with van der Waals surface area (Å²) in [7, 11) is 0. The van der Waals surface area contributed by atoms with Crippen LogP contribution in [0.4, 0.5) is 5.69 Å². The fraction of sp³-hybridized carbons (Fsp3) is 0. The molecule has 0 bridgehead atoms. The third-order valence-corrected chi connectivity index (χ3v) is 3.09. The van der Waals surface area contributed by atoms with Crippen LogP contribution in [-0.2, 0) is 0 Å². The predicted octanol–water partition coefficient (Wildman–Crippen LogP) is 3.23. The molecule has 0 aliphatic heterocycles. The summed E-state index contributed by atoms with van der Waals surface area (Å²) in [5.41, 5.74) is 1.53. The molecule has 0 fully saturated rings. The summed E-state index contributed by atoms with van der Waals surface area (Å²) in [5.74, 6) is -0.270. The zero-order chi connectivity index (χ0) is 13.9. The summed E-state index contributed by atoms with van der Waals surface area (Å²) in [6, 6.07) is 15.2. The maximum absolute atomic E-state index is 12.0. The van der Waals surface area contributed by atoms with Gasteiger partial charge in [0, 0.05) is 17.4 Å². The third-order valence-electron chi connectivity index (χ3n) is 3.09. The van der Waals surface area contributed by atoms with E-state index < -0.39 is 0 Å². The SMILES string of the molecule is O=Cc1c[nH]c(C(=O)Nc2ccc3ccccc3c2)c1. The maximum Gasteiger partial charge on any atom is 0.272 e. The van der Waals surface area contributed by atoms with E-state index in [1.54, 1.807) is 0 Å². The highest BCUT2D eigenvalue weighted by atomic mass is 16.2. The number of amides is 1. The number of aromatic amines is 1. The highest BCUT2D eigenvalue weighted by Crippen LogP contribution is 2.19. The summed E-state index contributed by atoms with van der Waals surface area (Å²) in [5, 5.41) is 4.98. The lowest BCUT2D eigenvalue weighted by Gasteiger charge is -2.05. The average Bonchev–Trinajstić information content (AvgIpc) is 2.96. The van der Waals surface area contributed by atoms with Crippen LogP contribution >= 0.6 is 0 Å². The average molecular weight is 264 g/mol. The van der Waals surface area contributed by atoms with Gasteiger partial charge >= 0.3 is 0 Å². The molecule has 20 heavy (non-hydrogen) atoms. The second kappa shape index (κ2) is 5.01. The summed E-state index contributed by atoms with van der Waals surface area (Å²) in [6.45, 7) is 0. The molecular formula is C16H12N2O2. The van der Waals surface area contributed by atoms with Crippen molar-refractivity contribution >= 4 is 28.7 Å². The Kier molecular flexibility index (Phi) is 3.05. The molecule has 0 saturated heterocycles. The van der Waals surface area contributed by atoms with Gasteiger partial charge in [-0.15, -0.1) is 0 Å². The van der Waals surface area contributed by atoms with E-state index in [-0.39, 0.29) is 5.91 Å². The van der Waals surface area contributed by atoms with Crippen molar-refractivity contribution in [2.75, 3.05) is 5.32 Å². The molecule has 4 heteroatoms. The van der Waals surface area contributed by atoms with Gasteiger partial charge in [0.25, 0.3) is 5.91 Å². The number of hydrogen-bond donors (Lipinski definition) is 2. The van der Waals surface area contributed by atoms with Gasteiger partial charge in [-0.2, -0.15) is 0 Å². The second-order valence-electron chi connectivity index (χ2n) is 4.48. The van der Waals surface area contributed by atoms with Gasteiger partial charge in [0.15, 0.2) is 6.29 Å². The Labute approximate surface area is 115 Å². The van der Waals surface area contributed by atoms with Crippen LogP contribution in [-0.4, -0.2) is 17.2 Å². The van der Waals surface area contributed by atoms with Gasteiger partial charge in [0.1, 0.15) is 5.69 Å². The van der Waals surface area contributed by atoms with E-state index in [9.17, 15) is 9.59 Å². The van der Waals surface area contributed by atoms with Crippen molar-refractivity contribution in [1.82, 2.24) is 4.98 Å². The van der Waals surface area contributed by atoms with Crippen LogP contribution in [0.1, 0.15) is 20.8 Å². The van der Waals surface area contributed by atoms with Gasteiger partial charge in [-0.25, -0.2) is 0 Å². The van der Waals surface area contributed by atoms with Crippen LogP contribution in [0.2, 0.25) is 0 Å². The van der Waals surface area contributed by atoms with E-state index in [4.69, 9.17) is 0 Å². The first-order valence-electron chi connectivity index (χ1n) is 6.20. The van der Waals surface area contributed by atoms with Crippen LogP contribution in [0.25, 0.3) is 10.8 Å². The zero-order valence-corrected chi connectivity index (χ0v) is 10.6. The third kappa shape index (κ3) is 2.31. The Morgan fingerprint density at radius 3 is 2.60 bits per heavy atom.